The van der Waals surface area contributed by atoms with Crippen molar-refractivity contribution in [3.05, 3.63) is 34.9 Å². The summed E-state index contributed by atoms with van der Waals surface area (Å²) in [6.07, 6.45) is 0. The lowest BCUT2D eigenvalue weighted by molar-refractivity contribution is 0.0880. The second-order valence-electron chi connectivity index (χ2n) is 5.28. The van der Waals surface area contributed by atoms with E-state index in [0.717, 1.165) is 17.7 Å². The number of fused-ring (bicyclic) bond motifs is 1. The van der Waals surface area contributed by atoms with Crippen LogP contribution in [0.25, 0.3) is 0 Å². The van der Waals surface area contributed by atoms with Gasteiger partial charge in [-0.05, 0) is 22.6 Å². The van der Waals surface area contributed by atoms with Crippen LogP contribution in [-0.2, 0) is 12.0 Å². The Hall–Kier alpha value is -1.25. The summed E-state index contributed by atoms with van der Waals surface area (Å²) in [6, 6.07) is 6.25. The highest BCUT2D eigenvalue weighted by atomic mass is 16.2. The van der Waals surface area contributed by atoms with E-state index >= 15 is 0 Å². The molecule has 1 heterocycles. The first-order valence-corrected chi connectivity index (χ1v) is 5.28. The zero-order valence-electron chi connectivity index (χ0n) is 9.79. The first-order chi connectivity index (χ1) is 6.89. The fraction of sp³-hybridized carbons (Fsp3) is 0.417. The zero-order valence-corrected chi connectivity index (χ0v) is 9.79. The average Bonchev–Trinajstić information content (AvgIpc) is 2.41. The number of hydrogen-bond acceptors (Lipinski definition) is 1. The molecule has 2 rings (SSSR count). The van der Waals surface area contributed by atoms with Crippen LogP contribution in [-0.4, -0.2) is 18.7 Å². The van der Waals surface area contributed by atoms with E-state index in [4.69, 9.17) is 0 Å². The van der Waals surface area contributed by atoms with Crippen LogP contribution >= 0.6 is 0 Å². The lowest BCUT2D eigenvalue weighted by atomic mass is 9.85. The Morgan fingerprint density at radius 1 is 1.33 bits per heavy atom. The molecule has 1 aromatic carbocycles. The summed E-state index contributed by atoms with van der Waals surface area (Å²) in [7, 11) is 1.85. The molecule has 0 spiro atoms. The van der Waals surface area contributed by atoms with Crippen molar-refractivity contribution in [3.8, 4) is 0 Å². The summed E-state index contributed by atoms with van der Waals surface area (Å²) in [5.41, 5.74) is 3.36. The molecule has 0 fully saturated rings. The van der Waals surface area contributed by atoms with Gasteiger partial charge in [0.25, 0.3) is 0 Å². The maximum absolute atomic E-state index is 11.8. The summed E-state index contributed by atoms with van der Waals surface area (Å²) in [5, 5.41) is 0. The number of nitrogens with zero attached hydrogens (tertiary/aromatic N) is 1. The van der Waals surface area contributed by atoms with Crippen LogP contribution in [0.1, 0.15) is 42.3 Å². The summed E-state index contributed by atoms with van der Waals surface area (Å²) in [5.74, 6) is 0.149. The molecule has 0 unspecified atom stereocenters. The maximum Gasteiger partial charge on any atom is 0.241 e. The fourth-order valence-electron chi connectivity index (χ4n) is 1.91. The standard InChI is InChI=1S/C12H16BNO/c1-12(2,3)9-5-4-8-7-14(13)11(15)10(8)6-9/h4-6H,7,13H2,1-3H3. The highest BCUT2D eigenvalue weighted by molar-refractivity contribution is 6.20. The molecule has 0 aliphatic carbocycles. The van der Waals surface area contributed by atoms with Crippen LogP contribution in [0.3, 0.4) is 0 Å². The van der Waals surface area contributed by atoms with E-state index in [1.807, 2.05) is 14.0 Å². The van der Waals surface area contributed by atoms with Gasteiger partial charge in [-0.3, -0.25) is 4.79 Å². The first-order valence-electron chi connectivity index (χ1n) is 5.28. The third kappa shape index (κ3) is 1.67. The molecule has 1 aliphatic heterocycles. The smallest absolute Gasteiger partial charge is 0.241 e. The second kappa shape index (κ2) is 3.12. The molecule has 0 radical (unpaired) electrons. The van der Waals surface area contributed by atoms with Gasteiger partial charge in [0.1, 0.15) is 0 Å². The largest absolute Gasteiger partial charge is 0.386 e. The highest BCUT2D eigenvalue weighted by Gasteiger charge is 2.25. The van der Waals surface area contributed by atoms with E-state index in [-0.39, 0.29) is 11.3 Å². The quantitative estimate of drug-likeness (QED) is 0.582. The molecular weight excluding hydrogens is 185 g/mol. The molecule has 0 saturated heterocycles. The van der Waals surface area contributed by atoms with E-state index in [1.165, 1.54) is 5.56 Å². The van der Waals surface area contributed by atoms with Crippen molar-refractivity contribution in [3.63, 3.8) is 0 Å². The Morgan fingerprint density at radius 3 is 2.60 bits per heavy atom. The van der Waals surface area contributed by atoms with E-state index < -0.39 is 0 Å². The predicted octanol–water partition coefficient (Wildman–Crippen LogP) is 1.49. The normalized spacial score (nSPS) is 15.7. The Labute approximate surface area is 91.7 Å². The number of rotatable bonds is 0. The summed E-state index contributed by atoms with van der Waals surface area (Å²) in [4.78, 5) is 13.6. The van der Waals surface area contributed by atoms with E-state index in [2.05, 4.69) is 32.9 Å². The van der Waals surface area contributed by atoms with Gasteiger partial charge in [0.15, 0.2) is 0 Å². The van der Waals surface area contributed by atoms with Gasteiger partial charge in [0.05, 0.1) is 0 Å². The number of hydrogen-bond donors (Lipinski definition) is 0. The molecule has 3 heteroatoms. The molecule has 15 heavy (non-hydrogen) atoms. The van der Waals surface area contributed by atoms with E-state index in [0.29, 0.717) is 0 Å². The van der Waals surface area contributed by atoms with Crippen molar-refractivity contribution in [2.45, 2.75) is 32.7 Å². The first kappa shape index (κ1) is 10.3. The van der Waals surface area contributed by atoms with Crippen molar-refractivity contribution in [2.24, 2.45) is 0 Å². The molecule has 1 aromatic rings. The third-order valence-corrected chi connectivity index (χ3v) is 2.96. The SMILES string of the molecule is BN1Cc2ccc(C(C)(C)C)cc2C1=O. The number of benzene rings is 1. The lowest BCUT2D eigenvalue weighted by Gasteiger charge is -2.19. The topological polar surface area (TPSA) is 20.3 Å². The number of amides is 1. The molecule has 0 bridgehead atoms. The molecule has 0 saturated carbocycles. The van der Waals surface area contributed by atoms with Gasteiger partial charge in [0, 0.05) is 12.1 Å². The van der Waals surface area contributed by atoms with Crippen molar-refractivity contribution < 1.29 is 4.79 Å². The molecular formula is C12H16BNO. The molecule has 0 aromatic heterocycles. The van der Waals surface area contributed by atoms with Crippen LogP contribution in [0.2, 0.25) is 0 Å². The van der Waals surface area contributed by atoms with Gasteiger partial charge >= 0.3 is 0 Å². The Morgan fingerprint density at radius 2 is 2.00 bits per heavy atom. The van der Waals surface area contributed by atoms with Gasteiger partial charge in [-0.1, -0.05) is 32.9 Å². The molecule has 2 nitrogen and oxygen atoms in total. The Kier molecular flexibility index (Phi) is 2.14. The predicted molar refractivity (Wildman–Crippen MR) is 63.6 cm³/mol. The third-order valence-electron chi connectivity index (χ3n) is 2.96. The van der Waals surface area contributed by atoms with E-state index in [9.17, 15) is 4.79 Å². The van der Waals surface area contributed by atoms with Crippen LogP contribution < -0.4 is 0 Å². The molecule has 1 aliphatic rings. The monoisotopic (exact) mass is 201 g/mol. The molecule has 0 N–H and O–H groups in total. The molecule has 78 valence electrons. The maximum atomic E-state index is 11.8. The van der Waals surface area contributed by atoms with Crippen LogP contribution in [0.5, 0.6) is 0 Å². The van der Waals surface area contributed by atoms with Crippen molar-refractivity contribution >= 4 is 13.9 Å². The fourth-order valence-corrected chi connectivity index (χ4v) is 1.91. The number of carbonyl (C=O) groups is 1. The Bertz CT molecular complexity index is 420. The van der Waals surface area contributed by atoms with Crippen molar-refractivity contribution in [1.82, 2.24) is 4.81 Å². The van der Waals surface area contributed by atoms with Gasteiger partial charge in [-0.15, -0.1) is 0 Å². The minimum absolute atomic E-state index is 0.108. The highest BCUT2D eigenvalue weighted by Crippen LogP contribution is 2.28. The van der Waals surface area contributed by atoms with Crippen LogP contribution in [0.15, 0.2) is 18.2 Å². The minimum atomic E-state index is 0.108. The Balaban J connectivity index is 2.49. The van der Waals surface area contributed by atoms with Crippen LogP contribution in [0, 0.1) is 0 Å². The second-order valence-corrected chi connectivity index (χ2v) is 5.28. The summed E-state index contributed by atoms with van der Waals surface area (Å²) < 4.78 is 0. The number of carbonyl (C=O) groups excluding carboxylic acids is 1. The van der Waals surface area contributed by atoms with Crippen LogP contribution in [0.4, 0.5) is 0 Å². The summed E-state index contributed by atoms with van der Waals surface area (Å²) >= 11 is 0. The summed E-state index contributed by atoms with van der Waals surface area (Å²) in [6.45, 7) is 7.24. The van der Waals surface area contributed by atoms with Gasteiger partial charge < -0.3 is 4.81 Å². The van der Waals surface area contributed by atoms with Crippen molar-refractivity contribution in [1.29, 1.82) is 0 Å². The van der Waals surface area contributed by atoms with Gasteiger partial charge in [-0.25, -0.2) is 0 Å². The zero-order chi connectivity index (χ0) is 11.2. The molecule has 1 amide bonds. The minimum Gasteiger partial charge on any atom is -0.386 e. The van der Waals surface area contributed by atoms with Crippen molar-refractivity contribution in [2.75, 3.05) is 0 Å². The van der Waals surface area contributed by atoms with Gasteiger partial charge in [-0.2, -0.15) is 0 Å². The van der Waals surface area contributed by atoms with E-state index in [1.54, 1.807) is 4.81 Å². The average molecular weight is 201 g/mol. The lowest BCUT2D eigenvalue weighted by Crippen LogP contribution is -2.19. The molecule has 0 atom stereocenters. The van der Waals surface area contributed by atoms with Gasteiger partial charge in [0.2, 0.25) is 13.9 Å².